The summed E-state index contributed by atoms with van der Waals surface area (Å²) in [6, 6.07) is 9.80. The standard InChI is InChI=1S/C19H30N2/c1-2-4-10-18(11-5-3-1)20-19-12-8-9-17(15-19)16-21-13-6-7-14-21/h8-9,12,15,18,20H,1-7,10-11,13-14,16H2. The predicted octanol–water partition coefficient (Wildman–Crippen LogP) is 4.81. The third-order valence-corrected chi connectivity index (χ3v) is 5.01. The van der Waals surface area contributed by atoms with Gasteiger partial charge in [0, 0.05) is 18.3 Å². The van der Waals surface area contributed by atoms with Crippen molar-refractivity contribution in [3.63, 3.8) is 0 Å². The van der Waals surface area contributed by atoms with Gasteiger partial charge in [-0.15, -0.1) is 0 Å². The summed E-state index contributed by atoms with van der Waals surface area (Å²) in [6.07, 6.45) is 12.5. The molecule has 1 aliphatic carbocycles. The van der Waals surface area contributed by atoms with E-state index in [0.717, 1.165) is 6.54 Å². The van der Waals surface area contributed by atoms with Crippen LogP contribution in [0.2, 0.25) is 0 Å². The van der Waals surface area contributed by atoms with Crippen LogP contribution >= 0.6 is 0 Å². The number of benzene rings is 1. The highest BCUT2D eigenvalue weighted by atomic mass is 15.1. The summed E-state index contributed by atoms with van der Waals surface area (Å²) >= 11 is 0. The number of anilines is 1. The van der Waals surface area contributed by atoms with E-state index in [0.29, 0.717) is 6.04 Å². The smallest absolute Gasteiger partial charge is 0.0345 e. The molecule has 0 spiro atoms. The summed E-state index contributed by atoms with van der Waals surface area (Å²) in [5.41, 5.74) is 2.80. The summed E-state index contributed by atoms with van der Waals surface area (Å²) in [5, 5.41) is 3.80. The first kappa shape index (κ1) is 14.9. The quantitative estimate of drug-likeness (QED) is 0.854. The Morgan fingerprint density at radius 3 is 2.38 bits per heavy atom. The minimum Gasteiger partial charge on any atom is -0.382 e. The molecule has 0 unspecified atom stereocenters. The molecule has 0 atom stereocenters. The normalized spacial score (nSPS) is 21.9. The summed E-state index contributed by atoms with van der Waals surface area (Å²) in [7, 11) is 0. The third-order valence-electron chi connectivity index (χ3n) is 5.01. The molecule has 2 aliphatic rings. The minimum absolute atomic E-state index is 0.687. The van der Waals surface area contributed by atoms with Gasteiger partial charge in [0.2, 0.25) is 0 Å². The maximum atomic E-state index is 3.80. The van der Waals surface area contributed by atoms with Crippen molar-refractivity contribution >= 4 is 5.69 Å². The van der Waals surface area contributed by atoms with Gasteiger partial charge in [-0.25, -0.2) is 0 Å². The van der Waals surface area contributed by atoms with Crippen LogP contribution in [0.15, 0.2) is 24.3 Å². The van der Waals surface area contributed by atoms with E-state index in [-0.39, 0.29) is 0 Å². The average molecular weight is 286 g/mol. The van der Waals surface area contributed by atoms with E-state index in [1.807, 2.05) is 0 Å². The van der Waals surface area contributed by atoms with Crippen LogP contribution in [-0.4, -0.2) is 24.0 Å². The fraction of sp³-hybridized carbons (Fsp3) is 0.684. The van der Waals surface area contributed by atoms with Crippen LogP contribution in [0, 0.1) is 0 Å². The van der Waals surface area contributed by atoms with Gasteiger partial charge in [0.05, 0.1) is 0 Å². The fourth-order valence-corrected chi connectivity index (χ4v) is 3.79. The van der Waals surface area contributed by atoms with E-state index in [1.54, 1.807) is 0 Å². The maximum absolute atomic E-state index is 3.80. The highest BCUT2D eigenvalue weighted by Crippen LogP contribution is 2.22. The summed E-state index contributed by atoms with van der Waals surface area (Å²) < 4.78 is 0. The lowest BCUT2D eigenvalue weighted by Gasteiger charge is -2.23. The fourth-order valence-electron chi connectivity index (χ4n) is 3.79. The Bertz CT molecular complexity index is 415. The second-order valence-corrected chi connectivity index (χ2v) is 6.87. The van der Waals surface area contributed by atoms with E-state index in [1.165, 1.54) is 82.1 Å². The Morgan fingerprint density at radius 2 is 1.62 bits per heavy atom. The van der Waals surface area contributed by atoms with Gasteiger partial charge in [0.1, 0.15) is 0 Å². The van der Waals surface area contributed by atoms with E-state index in [9.17, 15) is 0 Å². The van der Waals surface area contributed by atoms with Crippen LogP contribution in [0.4, 0.5) is 5.69 Å². The lowest BCUT2D eigenvalue weighted by atomic mass is 9.96. The first-order valence-corrected chi connectivity index (χ1v) is 8.98. The molecule has 1 aliphatic heterocycles. The van der Waals surface area contributed by atoms with E-state index < -0.39 is 0 Å². The highest BCUT2D eigenvalue weighted by Gasteiger charge is 2.13. The van der Waals surface area contributed by atoms with Gasteiger partial charge in [0.15, 0.2) is 0 Å². The Hall–Kier alpha value is -1.02. The predicted molar refractivity (Wildman–Crippen MR) is 90.7 cm³/mol. The minimum atomic E-state index is 0.687. The molecule has 1 aromatic rings. The molecule has 3 rings (SSSR count). The van der Waals surface area contributed by atoms with Gasteiger partial charge >= 0.3 is 0 Å². The van der Waals surface area contributed by atoms with Crippen LogP contribution in [-0.2, 0) is 6.54 Å². The Balaban J connectivity index is 1.56. The van der Waals surface area contributed by atoms with Gasteiger partial charge in [-0.3, -0.25) is 4.90 Å². The Labute approximate surface area is 129 Å². The monoisotopic (exact) mass is 286 g/mol. The zero-order valence-electron chi connectivity index (χ0n) is 13.3. The number of rotatable bonds is 4. The van der Waals surface area contributed by atoms with Crippen molar-refractivity contribution in [3.8, 4) is 0 Å². The molecule has 1 saturated carbocycles. The van der Waals surface area contributed by atoms with E-state index in [2.05, 4.69) is 34.5 Å². The molecule has 2 heteroatoms. The van der Waals surface area contributed by atoms with Crippen LogP contribution in [0.25, 0.3) is 0 Å². The van der Waals surface area contributed by atoms with Gasteiger partial charge < -0.3 is 5.32 Å². The summed E-state index contributed by atoms with van der Waals surface area (Å²) in [4.78, 5) is 2.58. The van der Waals surface area contributed by atoms with Crippen molar-refractivity contribution in [2.75, 3.05) is 18.4 Å². The van der Waals surface area contributed by atoms with Crippen molar-refractivity contribution in [2.24, 2.45) is 0 Å². The lowest BCUT2D eigenvalue weighted by Crippen LogP contribution is -2.21. The number of nitrogens with zero attached hydrogens (tertiary/aromatic N) is 1. The molecule has 1 N–H and O–H groups in total. The number of likely N-dealkylation sites (tertiary alicyclic amines) is 1. The van der Waals surface area contributed by atoms with Crippen LogP contribution in [0.1, 0.15) is 63.4 Å². The zero-order valence-corrected chi connectivity index (χ0v) is 13.3. The molecule has 2 nitrogen and oxygen atoms in total. The van der Waals surface area contributed by atoms with Gasteiger partial charge in [-0.05, 0) is 56.5 Å². The first-order valence-electron chi connectivity index (χ1n) is 8.98. The van der Waals surface area contributed by atoms with Crippen LogP contribution in [0.5, 0.6) is 0 Å². The first-order chi connectivity index (χ1) is 10.4. The number of hydrogen-bond donors (Lipinski definition) is 1. The molecule has 0 bridgehead atoms. The molecule has 0 aromatic heterocycles. The van der Waals surface area contributed by atoms with E-state index >= 15 is 0 Å². The number of nitrogens with one attached hydrogen (secondary N) is 1. The highest BCUT2D eigenvalue weighted by molar-refractivity contribution is 5.46. The SMILES string of the molecule is c1cc(CN2CCCC2)cc(NC2CCCCCCC2)c1. The van der Waals surface area contributed by atoms with Crippen molar-refractivity contribution in [1.82, 2.24) is 4.90 Å². The maximum Gasteiger partial charge on any atom is 0.0345 e. The molecule has 0 radical (unpaired) electrons. The van der Waals surface area contributed by atoms with Gasteiger partial charge in [-0.1, -0.05) is 44.2 Å². The van der Waals surface area contributed by atoms with Crippen molar-refractivity contribution in [2.45, 2.75) is 70.4 Å². The molecule has 21 heavy (non-hydrogen) atoms. The summed E-state index contributed by atoms with van der Waals surface area (Å²) in [6.45, 7) is 3.68. The van der Waals surface area contributed by atoms with Crippen molar-refractivity contribution in [1.29, 1.82) is 0 Å². The molecule has 1 saturated heterocycles. The number of hydrogen-bond acceptors (Lipinski definition) is 2. The van der Waals surface area contributed by atoms with Crippen molar-refractivity contribution < 1.29 is 0 Å². The third kappa shape index (κ3) is 4.74. The van der Waals surface area contributed by atoms with Crippen molar-refractivity contribution in [3.05, 3.63) is 29.8 Å². The van der Waals surface area contributed by atoms with E-state index in [4.69, 9.17) is 0 Å². The molecular weight excluding hydrogens is 256 g/mol. The molecule has 0 amide bonds. The zero-order chi connectivity index (χ0) is 14.3. The molecule has 2 fully saturated rings. The Kier molecular flexibility index (Phi) is 5.56. The molecule has 116 valence electrons. The second-order valence-electron chi connectivity index (χ2n) is 6.87. The molecule has 1 heterocycles. The summed E-state index contributed by atoms with van der Waals surface area (Å²) in [5.74, 6) is 0. The second kappa shape index (κ2) is 7.84. The lowest BCUT2D eigenvalue weighted by molar-refractivity contribution is 0.331. The largest absolute Gasteiger partial charge is 0.382 e. The molecular formula is C19H30N2. The topological polar surface area (TPSA) is 15.3 Å². The molecule has 1 aromatic carbocycles. The van der Waals surface area contributed by atoms with Crippen LogP contribution < -0.4 is 5.32 Å². The van der Waals surface area contributed by atoms with Gasteiger partial charge in [-0.2, -0.15) is 0 Å². The average Bonchev–Trinajstić information content (AvgIpc) is 2.95. The van der Waals surface area contributed by atoms with Gasteiger partial charge in [0.25, 0.3) is 0 Å². The Morgan fingerprint density at radius 1 is 0.905 bits per heavy atom. The van der Waals surface area contributed by atoms with Crippen LogP contribution in [0.3, 0.4) is 0 Å².